The lowest BCUT2D eigenvalue weighted by Crippen LogP contribution is -2.21. The van der Waals surface area contributed by atoms with Crippen LogP contribution in [-0.4, -0.2) is 29.8 Å². The van der Waals surface area contributed by atoms with Crippen molar-refractivity contribution in [2.75, 3.05) is 25.6 Å². The third-order valence-corrected chi connectivity index (χ3v) is 3.36. The molecule has 0 fully saturated rings. The second-order valence-electron chi connectivity index (χ2n) is 5.92. The second kappa shape index (κ2) is 8.20. The Morgan fingerprint density at radius 2 is 2.16 bits per heavy atom. The summed E-state index contributed by atoms with van der Waals surface area (Å²) in [5.41, 5.74) is 0.313. The number of ether oxygens (including phenoxy) is 1. The van der Waals surface area contributed by atoms with Crippen LogP contribution in [0.4, 0.5) is 5.95 Å². The number of unbranched alkanes of at least 4 members (excludes halogenated alkanes) is 2. The number of imidazole rings is 1. The molecule has 0 aliphatic rings. The fourth-order valence-corrected chi connectivity index (χ4v) is 2.26. The first-order valence-corrected chi connectivity index (χ1v) is 7.33. The van der Waals surface area contributed by atoms with Gasteiger partial charge in [-0.25, -0.2) is 4.98 Å². The lowest BCUT2D eigenvalue weighted by molar-refractivity contribution is 0.210. The van der Waals surface area contributed by atoms with Gasteiger partial charge in [0.1, 0.15) is 0 Å². The summed E-state index contributed by atoms with van der Waals surface area (Å²) < 4.78 is 7.26. The minimum absolute atomic E-state index is 0.313. The third kappa shape index (κ3) is 6.10. The quantitative estimate of drug-likeness (QED) is 0.659. The molecule has 0 bridgehead atoms. The standard InChI is InChI=1S/C15H29N3O/c1-5-6-7-8-15(2,3)13-18-11-9-16-14(18)17-10-12-19-4/h9,11H,5-8,10,12-13H2,1-4H3,(H,16,17). The molecule has 0 aliphatic heterocycles. The van der Waals surface area contributed by atoms with Crippen molar-refractivity contribution in [3.8, 4) is 0 Å². The summed E-state index contributed by atoms with van der Waals surface area (Å²) in [6, 6.07) is 0. The molecule has 0 amide bonds. The van der Waals surface area contributed by atoms with Crippen molar-refractivity contribution in [2.24, 2.45) is 5.41 Å². The molecule has 0 unspecified atom stereocenters. The Kier molecular flexibility index (Phi) is 6.92. The molecule has 0 aliphatic carbocycles. The average Bonchev–Trinajstić information content (AvgIpc) is 2.76. The number of hydrogen-bond donors (Lipinski definition) is 1. The van der Waals surface area contributed by atoms with Crippen molar-refractivity contribution < 1.29 is 4.74 Å². The summed E-state index contributed by atoms with van der Waals surface area (Å²) in [5, 5.41) is 3.31. The topological polar surface area (TPSA) is 39.1 Å². The first-order chi connectivity index (χ1) is 9.09. The fourth-order valence-electron chi connectivity index (χ4n) is 2.26. The summed E-state index contributed by atoms with van der Waals surface area (Å²) in [4.78, 5) is 4.36. The zero-order valence-corrected chi connectivity index (χ0v) is 12.9. The average molecular weight is 267 g/mol. The molecule has 1 aromatic rings. The Balaban J connectivity index is 2.48. The van der Waals surface area contributed by atoms with E-state index in [2.05, 4.69) is 41.8 Å². The number of hydrogen-bond acceptors (Lipinski definition) is 3. The maximum atomic E-state index is 5.05. The van der Waals surface area contributed by atoms with Crippen LogP contribution in [0.25, 0.3) is 0 Å². The van der Waals surface area contributed by atoms with Gasteiger partial charge in [-0.3, -0.25) is 0 Å². The zero-order chi connectivity index (χ0) is 14.1. The maximum Gasteiger partial charge on any atom is 0.202 e. The number of nitrogens with one attached hydrogen (secondary N) is 1. The van der Waals surface area contributed by atoms with Gasteiger partial charge < -0.3 is 14.6 Å². The van der Waals surface area contributed by atoms with Crippen molar-refractivity contribution in [1.29, 1.82) is 0 Å². The van der Waals surface area contributed by atoms with Crippen LogP contribution in [0.2, 0.25) is 0 Å². The summed E-state index contributed by atoms with van der Waals surface area (Å²) in [7, 11) is 1.71. The van der Waals surface area contributed by atoms with Gasteiger partial charge in [0.15, 0.2) is 0 Å². The van der Waals surface area contributed by atoms with Gasteiger partial charge in [-0.2, -0.15) is 0 Å². The molecule has 0 aromatic carbocycles. The fraction of sp³-hybridized carbons (Fsp3) is 0.800. The molecule has 0 radical (unpaired) electrons. The number of anilines is 1. The lowest BCUT2D eigenvalue weighted by atomic mass is 9.87. The summed E-state index contributed by atoms with van der Waals surface area (Å²) in [6.07, 6.45) is 9.09. The van der Waals surface area contributed by atoms with Crippen LogP contribution in [-0.2, 0) is 11.3 Å². The molecule has 0 atom stereocenters. The molecule has 1 rings (SSSR count). The van der Waals surface area contributed by atoms with Gasteiger partial charge in [0.05, 0.1) is 6.61 Å². The van der Waals surface area contributed by atoms with E-state index in [1.165, 1.54) is 25.7 Å². The number of methoxy groups -OCH3 is 1. The molecule has 4 heteroatoms. The zero-order valence-electron chi connectivity index (χ0n) is 12.9. The minimum Gasteiger partial charge on any atom is -0.383 e. The highest BCUT2D eigenvalue weighted by Crippen LogP contribution is 2.27. The lowest BCUT2D eigenvalue weighted by Gasteiger charge is -2.26. The van der Waals surface area contributed by atoms with E-state index in [-0.39, 0.29) is 0 Å². The largest absolute Gasteiger partial charge is 0.383 e. The van der Waals surface area contributed by atoms with Crippen molar-refractivity contribution in [1.82, 2.24) is 9.55 Å². The summed E-state index contributed by atoms with van der Waals surface area (Å²) >= 11 is 0. The molecule has 19 heavy (non-hydrogen) atoms. The normalized spacial score (nSPS) is 11.8. The van der Waals surface area contributed by atoms with Gasteiger partial charge in [0.25, 0.3) is 0 Å². The first kappa shape index (κ1) is 16.0. The van der Waals surface area contributed by atoms with Gasteiger partial charge in [0, 0.05) is 32.6 Å². The van der Waals surface area contributed by atoms with E-state index in [9.17, 15) is 0 Å². The number of nitrogens with zero attached hydrogens (tertiary/aromatic N) is 2. The van der Waals surface area contributed by atoms with E-state index in [1.54, 1.807) is 7.11 Å². The highest BCUT2D eigenvalue weighted by Gasteiger charge is 2.19. The molecule has 1 aromatic heterocycles. The second-order valence-corrected chi connectivity index (χ2v) is 5.92. The van der Waals surface area contributed by atoms with E-state index >= 15 is 0 Å². The molecule has 1 N–H and O–H groups in total. The summed E-state index contributed by atoms with van der Waals surface area (Å²) in [6.45, 7) is 9.42. The molecule has 0 saturated carbocycles. The van der Waals surface area contributed by atoms with Crippen molar-refractivity contribution >= 4 is 5.95 Å². The van der Waals surface area contributed by atoms with E-state index in [0.29, 0.717) is 12.0 Å². The Morgan fingerprint density at radius 1 is 1.37 bits per heavy atom. The SMILES string of the molecule is CCCCCC(C)(C)Cn1ccnc1NCCOC. The van der Waals surface area contributed by atoms with Crippen LogP contribution < -0.4 is 5.32 Å². The molecular formula is C15H29N3O. The van der Waals surface area contributed by atoms with Gasteiger partial charge in [-0.05, 0) is 11.8 Å². The number of aromatic nitrogens is 2. The molecule has 110 valence electrons. The van der Waals surface area contributed by atoms with Gasteiger partial charge >= 0.3 is 0 Å². The molecule has 0 spiro atoms. The molecule has 4 nitrogen and oxygen atoms in total. The van der Waals surface area contributed by atoms with Crippen LogP contribution >= 0.6 is 0 Å². The maximum absolute atomic E-state index is 5.05. The Hall–Kier alpha value is -1.03. The molecule has 0 saturated heterocycles. The Bertz CT molecular complexity index is 347. The van der Waals surface area contributed by atoms with E-state index in [0.717, 1.165) is 19.0 Å². The smallest absolute Gasteiger partial charge is 0.202 e. The Labute approximate surface area is 117 Å². The highest BCUT2D eigenvalue weighted by molar-refractivity contribution is 5.25. The predicted octanol–water partition coefficient (Wildman–Crippen LogP) is 3.55. The summed E-state index contributed by atoms with van der Waals surface area (Å²) in [5.74, 6) is 0.945. The Morgan fingerprint density at radius 3 is 2.84 bits per heavy atom. The highest BCUT2D eigenvalue weighted by atomic mass is 16.5. The van der Waals surface area contributed by atoms with Crippen LogP contribution in [0, 0.1) is 5.41 Å². The van der Waals surface area contributed by atoms with Crippen LogP contribution in [0.1, 0.15) is 46.5 Å². The first-order valence-electron chi connectivity index (χ1n) is 7.33. The monoisotopic (exact) mass is 267 g/mol. The van der Waals surface area contributed by atoms with Gasteiger partial charge in [0.2, 0.25) is 5.95 Å². The van der Waals surface area contributed by atoms with Crippen molar-refractivity contribution in [3.05, 3.63) is 12.4 Å². The molecule has 1 heterocycles. The van der Waals surface area contributed by atoms with Crippen LogP contribution in [0.15, 0.2) is 12.4 Å². The van der Waals surface area contributed by atoms with E-state index < -0.39 is 0 Å². The van der Waals surface area contributed by atoms with E-state index in [4.69, 9.17) is 4.74 Å². The third-order valence-electron chi connectivity index (χ3n) is 3.36. The predicted molar refractivity (Wildman–Crippen MR) is 80.5 cm³/mol. The van der Waals surface area contributed by atoms with E-state index in [1.807, 2.05) is 6.20 Å². The van der Waals surface area contributed by atoms with Gasteiger partial charge in [-0.15, -0.1) is 0 Å². The molecular weight excluding hydrogens is 238 g/mol. The van der Waals surface area contributed by atoms with Crippen molar-refractivity contribution in [2.45, 2.75) is 53.0 Å². The number of rotatable bonds is 10. The van der Waals surface area contributed by atoms with Crippen LogP contribution in [0.3, 0.4) is 0 Å². The van der Waals surface area contributed by atoms with Gasteiger partial charge in [-0.1, -0.05) is 40.0 Å². The minimum atomic E-state index is 0.313. The van der Waals surface area contributed by atoms with Crippen LogP contribution in [0.5, 0.6) is 0 Å². The van der Waals surface area contributed by atoms with Crippen molar-refractivity contribution in [3.63, 3.8) is 0 Å².